The fraction of sp³-hybridized carbons (Fsp3) is 0.214. The number of imide groups is 1. The van der Waals surface area contributed by atoms with Crippen LogP contribution in [0.3, 0.4) is 0 Å². The number of anilines is 1. The zero-order chi connectivity index (χ0) is 27.1. The summed E-state index contributed by atoms with van der Waals surface area (Å²) in [5.41, 5.74) is 1.78. The van der Waals surface area contributed by atoms with Crippen molar-refractivity contribution in [3.05, 3.63) is 76.9 Å². The van der Waals surface area contributed by atoms with Gasteiger partial charge in [-0.25, -0.2) is 4.79 Å². The van der Waals surface area contributed by atoms with Crippen LogP contribution in [0.4, 0.5) is 10.5 Å². The van der Waals surface area contributed by atoms with E-state index in [9.17, 15) is 19.2 Å². The Labute approximate surface area is 228 Å². The summed E-state index contributed by atoms with van der Waals surface area (Å²) in [7, 11) is 0. The number of nitrogens with zero attached hydrogens (tertiary/aromatic N) is 1. The third kappa shape index (κ3) is 6.76. The van der Waals surface area contributed by atoms with Gasteiger partial charge in [-0.2, -0.15) is 0 Å². The van der Waals surface area contributed by atoms with E-state index in [0.717, 1.165) is 40.0 Å². The lowest BCUT2D eigenvalue weighted by molar-refractivity contribution is -0.127. The number of ether oxygens (including phenoxy) is 1. The Morgan fingerprint density at radius 2 is 1.89 bits per heavy atom. The van der Waals surface area contributed by atoms with E-state index < -0.39 is 17.1 Å². The first-order valence-corrected chi connectivity index (χ1v) is 14.0. The molecule has 0 atom stereocenters. The number of unbranched alkanes of at least 4 members (excludes halogenated alkanes) is 1. The number of carbonyl (C=O) groups is 4. The van der Waals surface area contributed by atoms with Gasteiger partial charge in [-0.1, -0.05) is 31.5 Å². The molecule has 2 aromatic carbocycles. The molecule has 1 N–H and O–H groups in total. The van der Waals surface area contributed by atoms with Crippen molar-refractivity contribution >= 4 is 58.3 Å². The second-order valence-electron chi connectivity index (χ2n) is 8.32. The average Bonchev–Trinajstić information content (AvgIpc) is 3.49. The van der Waals surface area contributed by atoms with Gasteiger partial charge >= 0.3 is 5.97 Å². The molecule has 0 radical (unpaired) electrons. The maximum absolute atomic E-state index is 12.8. The van der Waals surface area contributed by atoms with Crippen molar-refractivity contribution in [2.24, 2.45) is 0 Å². The van der Waals surface area contributed by atoms with E-state index in [4.69, 9.17) is 9.15 Å². The monoisotopic (exact) mass is 550 g/mol. The molecule has 1 aliphatic rings. The van der Waals surface area contributed by atoms with Crippen molar-refractivity contribution in [2.45, 2.75) is 24.7 Å². The molecule has 38 heavy (non-hydrogen) atoms. The standard InChI is InChI=1S/C28H26N2O6S2/c1-3-4-14-35-27(33)19-10-8-18(9-11-19)23-13-12-21(36-23)16-24-26(32)30(28(34)38-24)17-25(31)29-20-6-5-7-22(15-20)37-2/h5-13,15-16H,3-4,14,17H2,1-2H3,(H,29,31)/b24-16+. The molecule has 8 nitrogen and oxygen atoms in total. The molecule has 3 aromatic rings. The molecule has 0 bridgehead atoms. The lowest BCUT2D eigenvalue weighted by Gasteiger charge is -2.12. The fourth-order valence-electron chi connectivity index (χ4n) is 3.56. The number of carbonyl (C=O) groups excluding carboxylic acids is 4. The van der Waals surface area contributed by atoms with Crippen LogP contribution in [0.1, 0.15) is 35.9 Å². The summed E-state index contributed by atoms with van der Waals surface area (Å²) in [6.07, 6.45) is 5.17. The van der Waals surface area contributed by atoms with Crippen molar-refractivity contribution < 1.29 is 28.3 Å². The van der Waals surface area contributed by atoms with Crippen LogP contribution in [0.15, 0.2) is 74.9 Å². The molecule has 196 valence electrons. The largest absolute Gasteiger partial charge is 0.462 e. The highest BCUT2D eigenvalue weighted by atomic mass is 32.2. The van der Waals surface area contributed by atoms with E-state index in [1.807, 2.05) is 31.4 Å². The minimum absolute atomic E-state index is 0.165. The number of nitrogens with one attached hydrogen (secondary N) is 1. The summed E-state index contributed by atoms with van der Waals surface area (Å²) in [4.78, 5) is 51.9. The predicted octanol–water partition coefficient (Wildman–Crippen LogP) is 6.30. The first kappa shape index (κ1) is 27.3. The third-order valence-corrected chi connectivity index (χ3v) is 7.20. The van der Waals surface area contributed by atoms with Crippen molar-refractivity contribution in [1.82, 2.24) is 4.90 Å². The first-order chi connectivity index (χ1) is 18.4. The van der Waals surface area contributed by atoms with E-state index >= 15 is 0 Å². The molecular weight excluding hydrogens is 524 g/mol. The van der Waals surface area contributed by atoms with Gasteiger partial charge in [-0.15, -0.1) is 11.8 Å². The minimum Gasteiger partial charge on any atom is -0.462 e. The van der Waals surface area contributed by atoms with Gasteiger partial charge in [-0.3, -0.25) is 19.3 Å². The Kier molecular flexibility index (Phi) is 9.09. The maximum atomic E-state index is 12.8. The van der Waals surface area contributed by atoms with Crippen LogP contribution in [0.25, 0.3) is 17.4 Å². The topological polar surface area (TPSA) is 106 Å². The zero-order valence-corrected chi connectivity index (χ0v) is 22.5. The van der Waals surface area contributed by atoms with Gasteiger partial charge in [0.1, 0.15) is 18.1 Å². The molecule has 3 amide bonds. The van der Waals surface area contributed by atoms with Crippen LogP contribution in [-0.4, -0.2) is 47.3 Å². The summed E-state index contributed by atoms with van der Waals surface area (Å²) in [6.45, 7) is 2.03. The number of rotatable bonds is 10. The van der Waals surface area contributed by atoms with Crippen LogP contribution >= 0.6 is 23.5 Å². The average molecular weight is 551 g/mol. The highest BCUT2D eigenvalue weighted by Crippen LogP contribution is 2.33. The number of hydrogen-bond donors (Lipinski definition) is 1. The van der Waals surface area contributed by atoms with Crippen LogP contribution in [0.2, 0.25) is 0 Å². The zero-order valence-electron chi connectivity index (χ0n) is 20.9. The Hall–Kier alpha value is -3.76. The number of benzene rings is 2. The lowest BCUT2D eigenvalue weighted by atomic mass is 10.1. The van der Waals surface area contributed by atoms with Crippen molar-refractivity contribution in [3.8, 4) is 11.3 Å². The summed E-state index contributed by atoms with van der Waals surface area (Å²) >= 11 is 2.29. The first-order valence-electron chi connectivity index (χ1n) is 11.9. The smallest absolute Gasteiger partial charge is 0.338 e. The molecule has 0 aliphatic carbocycles. The molecule has 10 heteroatoms. The fourth-order valence-corrected chi connectivity index (χ4v) is 4.84. The Bertz CT molecular complexity index is 1380. The summed E-state index contributed by atoms with van der Waals surface area (Å²) in [5.74, 6) is -0.482. The normalized spacial score (nSPS) is 14.3. The number of amides is 3. The van der Waals surface area contributed by atoms with Gasteiger partial charge in [-0.05, 0) is 66.9 Å². The molecule has 1 fully saturated rings. The Balaban J connectivity index is 1.38. The molecular formula is C28H26N2O6S2. The van der Waals surface area contributed by atoms with E-state index in [0.29, 0.717) is 29.4 Å². The van der Waals surface area contributed by atoms with Crippen LogP contribution < -0.4 is 5.32 Å². The number of esters is 1. The molecule has 0 spiro atoms. The second-order valence-corrected chi connectivity index (χ2v) is 10.2. The van der Waals surface area contributed by atoms with Crippen LogP contribution in [0, 0.1) is 0 Å². The summed E-state index contributed by atoms with van der Waals surface area (Å²) in [6, 6.07) is 17.5. The maximum Gasteiger partial charge on any atom is 0.338 e. The van der Waals surface area contributed by atoms with E-state index in [-0.39, 0.29) is 17.4 Å². The van der Waals surface area contributed by atoms with E-state index in [1.165, 1.54) is 6.08 Å². The number of thioether (sulfide) groups is 2. The van der Waals surface area contributed by atoms with E-state index in [2.05, 4.69) is 5.32 Å². The Morgan fingerprint density at radius 3 is 2.63 bits per heavy atom. The molecule has 1 aliphatic heterocycles. The number of hydrogen-bond acceptors (Lipinski definition) is 8. The van der Waals surface area contributed by atoms with Gasteiger partial charge in [0.05, 0.1) is 17.1 Å². The Morgan fingerprint density at radius 1 is 1.11 bits per heavy atom. The van der Waals surface area contributed by atoms with Gasteiger partial charge in [0.2, 0.25) is 5.91 Å². The molecule has 1 saturated heterocycles. The van der Waals surface area contributed by atoms with Crippen LogP contribution in [0.5, 0.6) is 0 Å². The van der Waals surface area contributed by atoms with Crippen molar-refractivity contribution in [2.75, 3.05) is 24.7 Å². The molecule has 1 aromatic heterocycles. The summed E-state index contributed by atoms with van der Waals surface area (Å²) < 4.78 is 11.1. The quantitative estimate of drug-likeness (QED) is 0.136. The van der Waals surface area contributed by atoms with Gasteiger partial charge < -0.3 is 14.5 Å². The molecule has 0 saturated carbocycles. The highest BCUT2D eigenvalue weighted by molar-refractivity contribution is 8.18. The van der Waals surface area contributed by atoms with Gasteiger partial charge in [0.25, 0.3) is 11.1 Å². The van der Waals surface area contributed by atoms with Crippen LogP contribution in [-0.2, 0) is 14.3 Å². The number of furan rings is 1. The van der Waals surface area contributed by atoms with Crippen molar-refractivity contribution in [3.63, 3.8) is 0 Å². The predicted molar refractivity (Wildman–Crippen MR) is 149 cm³/mol. The highest BCUT2D eigenvalue weighted by Gasteiger charge is 2.36. The SMILES string of the molecule is CCCCOC(=O)c1ccc(-c2ccc(/C=C3/SC(=O)N(CC(=O)Nc4cccc(SC)c4)C3=O)o2)cc1. The van der Waals surface area contributed by atoms with Crippen molar-refractivity contribution in [1.29, 1.82) is 0 Å². The van der Waals surface area contributed by atoms with E-state index in [1.54, 1.807) is 54.2 Å². The van der Waals surface area contributed by atoms with Gasteiger partial charge in [0, 0.05) is 22.2 Å². The second kappa shape index (κ2) is 12.7. The molecule has 4 rings (SSSR count). The summed E-state index contributed by atoms with van der Waals surface area (Å²) in [5, 5.41) is 2.19. The minimum atomic E-state index is -0.558. The lowest BCUT2D eigenvalue weighted by Crippen LogP contribution is -2.36. The molecule has 2 heterocycles. The molecule has 0 unspecified atom stereocenters. The third-order valence-electron chi connectivity index (χ3n) is 5.57. The van der Waals surface area contributed by atoms with Gasteiger partial charge in [0.15, 0.2) is 0 Å².